The minimum Gasteiger partial charge on any atom is -0.375 e. The van der Waals surface area contributed by atoms with Gasteiger partial charge in [-0.2, -0.15) is 9.40 Å². The number of sulfonamides is 1. The second-order valence-corrected chi connectivity index (χ2v) is 11.6. The average molecular weight is 501 g/mol. The van der Waals surface area contributed by atoms with Gasteiger partial charge in [-0.1, -0.05) is 12.1 Å². The maximum Gasteiger partial charge on any atom is 0.245 e. The Kier molecular flexibility index (Phi) is 6.95. The van der Waals surface area contributed by atoms with Crippen molar-refractivity contribution in [2.45, 2.75) is 50.1 Å². The quantitative estimate of drug-likeness (QED) is 0.448. The number of hydrogen-bond acceptors (Lipinski definition) is 8. The molecule has 11 nitrogen and oxygen atoms in total. The first kappa shape index (κ1) is 24.9. The summed E-state index contributed by atoms with van der Waals surface area (Å²) in [6, 6.07) is 6.59. The molecule has 3 N–H and O–H groups in total. The van der Waals surface area contributed by atoms with Gasteiger partial charge in [0.15, 0.2) is 5.65 Å². The molecule has 3 heterocycles. The number of para-hydroxylation sites is 1. The van der Waals surface area contributed by atoms with Crippen LogP contribution in [0.15, 0.2) is 41.7 Å². The molecule has 35 heavy (non-hydrogen) atoms. The fraction of sp³-hybridized carbons (Fsp3) is 0.478. The van der Waals surface area contributed by atoms with E-state index in [9.17, 15) is 13.2 Å². The molecule has 0 unspecified atom stereocenters. The summed E-state index contributed by atoms with van der Waals surface area (Å²) in [5.41, 5.74) is 0.491. The molecule has 0 spiro atoms. The van der Waals surface area contributed by atoms with E-state index in [0.717, 1.165) is 30.6 Å². The molecule has 1 amide bonds. The van der Waals surface area contributed by atoms with E-state index in [4.69, 9.17) is 0 Å². The molecule has 1 aromatic carbocycles. The molecule has 2 aromatic heterocycles. The first-order valence-corrected chi connectivity index (χ1v) is 13.0. The molecule has 1 atom stereocenters. The molecular formula is C23H32N8O3S. The number of benzene rings is 1. The molecule has 1 aliphatic heterocycles. The Morgan fingerprint density at radius 1 is 1.26 bits per heavy atom. The van der Waals surface area contributed by atoms with Crippen LogP contribution in [0.3, 0.4) is 0 Å². The number of anilines is 2. The van der Waals surface area contributed by atoms with E-state index in [0.29, 0.717) is 17.9 Å². The number of carbonyl (C=O) groups excluding carboxylic acids is 1. The molecular weight excluding hydrogens is 468 g/mol. The van der Waals surface area contributed by atoms with Crippen molar-refractivity contribution in [1.29, 1.82) is 0 Å². The molecule has 0 radical (unpaired) electrons. The fourth-order valence-electron chi connectivity index (χ4n) is 4.09. The fourth-order valence-corrected chi connectivity index (χ4v) is 5.78. The van der Waals surface area contributed by atoms with Gasteiger partial charge in [-0.05, 0) is 45.7 Å². The number of aromatic nitrogens is 4. The van der Waals surface area contributed by atoms with Gasteiger partial charge in [0.25, 0.3) is 0 Å². The SMILES string of the molecule is CN(C(C)(C)C)S(=O)(=O)c1ccccc1NCC(=O)N[C@@H]1CCCN(c2ncnc3[nH]ncc23)C1. The summed E-state index contributed by atoms with van der Waals surface area (Å²) in [5.74, 6) is 0.590. The van der Waals surface area contributed by atoms with Crippen LogP contribution in [0, 0.1) is 0 Å². The molecule has 3 aromatic rings. The molecule has 0 bridgehead atoms. The third kappa shape index (κ3) is 5.38. The minimum atomic E-state index is -3.74. The van der Waals surface area contributed by atoms with E-state index in [1.54, 1.807) is 37.5 Å². The van der Waals surface area contributed by atoms with Gasteiger partial charge >= 0.3 is 0 Å². The van der Waals surface area contributed by atoms with Crippen LogP contribution in [0.1, 0.15) is 33.6 Å². The number of H-pyrrole nitrogens is 1. The molecule has 12 heteroatoms. The number of carbonyl (C=O) groups is 1. The van der Waals surface area contributed by atoms with Crippen molar-refractivity contribution >= 4 is 38.5 Å². The van der Waals surface area contributed by atoms with Gasteiger partial charge in [0.1, 0.15) is 17.0 Å². The Labute approximate surface area is 205 Å². The highest BCUT2D eigenvalue weighted by Gasteiger charge is 2.32. The average Bonchev–Trinajstić information content (AvgIpc) is 3.31. The van der Waals surface area contributed by atoms with Crippen molar-refractivity contribution in [2.24, 2.45) is 0 Å². The van der Waals surface area contributed by atoms with Crippen LogP contribution >= 0.6 is 0 Å². The summed E-state index contributed by atoms with van der Waals surface area (Å²) in [7, 11) is -2.18. The second-order valence-electron chi connectivity index (χ2n) is 9.68. The normalized spacial score (nSPS) is 17.1. The Morgan fingerprint density at radius 2 is 2.03 bits per heavy atom. The van der Waals surface area contributed by atoms with E-state index in [-0.39, 0.29) is 23.4 Å². The number of fused-ring (bicyclic) bond motifs is 1. The van der Waals surface area contributed by atoms with Crippen LogP contribution in [-0.2, 0) is 14.8 Å². The summed E-state index contributed by atoms with van der Waals surface area (Å²) < 4.78 is 27.7. The van der Waals surface area contributed by atoms with Gasteiger partial charge in [0.05, 0.1) is 23.8 Å². The monoisotopic (exact) mass is 500 g/mol. The number of nitrogens with one attached hydrogen (secondary N) is 3. The highest BCUT2D eigenvalue weighted by Crippen LogP contribution is 2.28. The summed E-state index contributed by atoms with van der Waals surface area (Å²) in [5, 5.41) is 13.8. The predicted octanol–water partition coefficient (Wildman–Crippen LogP) is 1.97. The number of hydrogen-bond donors (Lipinski definition) is 3. The Hall–Kier alpha value is -3.25. The van der Waals surface area contributed by atoms with Gasteiger partial charge in [0.2, 0.25) is 15.9 Å². The van der Waals surface area contributed by atoms with Crippen molar-refractivity contribution in [2.75, 3.05) is 36.9 Å². The molecule has 0 saturated carbocycles. The molecule has 1 saturated heterocycles. The highest BCUT2D eigenvalue weighted by molar-refractivity contribution is 7.89. The second kappa shape index (κ2) is 9.78. The van der Waals surface area contributed by atoms with Crippen LogP contribution in [0.4, 0.5) is 11.5 Å². The van der Waals surface area contributed by atoms with Crippen molar-refractivity contribution in [3.8, 4) is 0 Å². The summed E-state index contributed by atoms with van der Waals surface area (Å²) >= 11 is 0. The number of piperidine rings is 1. The van der Waals surface area contributed by atoms with Crippen LogP contribution in [0.5, 0.6) is 0 Å². The summed E-state index contributed by atoms with van der Waals surface area (Å²) in [6.45, 7) is 6.90. The zero-order chi connectivity index (χ0) is 25.2. The Morgan fingerprint density at radius 3 is 2.80 bits per heavy atom. The maximum atomic E-state index is 13.2. The first-order valence-electron chi connectivity index (χ1n) is 11.6. The van der Waals surface area contributed by atoms with E-state index in [1.807, 2.05) is 20.8 Å². The molecule has 1 fully saturated rings. The lowest BCUT2D eigenvalue weighted by Gasteiger charge is -2.34. The van der Waals surface area contributed by atoms with Gasteiger partial charge in [-0.15, -0.1) is 0 Å². The van der Waals surface area contributed by atoms with Crippen LogP contribution in [0.2, 0.25) is 0 Å². The molecule has 188 valence electrons. The summed E-state index contributed by atoms with van der Waals surface area (Å²) in [6.07, 6.45) is 4.97. The standard InChI is InChI=1S/C23H32N8O3S/c1-23(2,3)30(4)35(33,34)19-10-6-5-9-18(19)24-13-20(32)28-16-8-7-11-31(14-16)22-17-12-27-29-21(17)25-15-26-22/h5-6,9-10,12,15-16,24H,7-8,11,13-14H2,1-4H3,(H,28,32)(H,25,26,27,29)/t16-/m1/s1. The lowest BCUT2D eigenvalue weighted by atomic mass is 10.1. The molecule has 0 aliphatic carbocycles. The number of rotatable bonds is 7. The van der Waals surface area contributed by atoms with Crippen molar-refractivity contribution in [1.82, 2.24) is 29.8 Å². The number of amides is 1. The van der Waals surface area contributed by atoms with Crippen LogP contribution < -0.4 is 15.5 Å². The predicted molar refractivity (Wildman–Crippen MR) is 135 cm³/mol. The smallest absolute Gasteiger partial charge is 0.245 e. The molecule has 1 aliphatic rings. The zero-order valence-electron chi connectivity index (χ0n) is 20.4. The van der Waals surface area contributed by atoms with Gasteiger partial charge in [0, 0.05) is 31.7 Å². The van der Waals surface area contributed by atoms with E-state index in [2.05, 4.69) is 35.7 Å². The summed E-state index contributed by atoms with van der Waals surface area (Å²) in [4.78, 5) is 23.6. The lowest BCUT2D eigenvalue weighted by Crippen LogP contribution is -2.49. The van der Waals surface area contributed by atoms with E-state index < -0.39 is 15.6 Å². The van der Waals surface area contributed by atoms with Gasteiger partial charge < -0.3 is 15.5 Å². The first-order chi connectivity index (χ1) is 16.6. The maximum absolute atomic E-state index is 13.2. The minimum absolute atomic E-state index is 0.0399. The van der Waals surface area contributed by atoms with Gasteiger partial charge in [-0.3, -0.25) is 9.89 Å². The van der Waals surface area contributed by atoms with Crippen molar-refractivity contribution < 1.29 is 13.2 Å². The van der Waals surface area contributed by atoms with E-state index in [1.165, 1.54) is 10.6 Å². The van der Waals surface area contributed by atoms with Crippen molar-refractivity contribution in [3.05, 3.63) is 36.8 Å². The van der Waals surface area contributed by atoms with Crippen LogP contribution in [0.25, 0.3) is 11.0 Å². The third-order valence-corrected chi connectivity index (χ3v) is 8.40. The number of nitrogens with zero attached hydrogens (tertiary/aromatic N) is 5. The largest absolute Gasteiger partial charge is 0.375 e. The number of aromatic amines is 1. The van der Waals surface area contributed by atoms with Crippen molar-refractivity contribution in [3.63, 3.8) is 0 Å². The Balaban J connectivity index is 1.40. The topological polar surface area (TPSA) is 136 Å². The molecule has 4 rings (SSSR count). The van der Waals surface area contributed by atoms with Gasteiger partial charge in [-0.25, -0.2) is 18.4 Å². The lowest BCUT2D eigenvalue weighted by molar-refractivity contribution is -0.120. The third-order valence-electron chi connectivity index (χ3n) is 6.22. The van der Waals surface area contributed by atoms with E-state index >= 15 is 0 Å². The Bertz CT molecular complexity index is 1300. The highest BCUT2D eigenvalue weighted by atomic mass is 32.2. The van der Waals surface area contributed by atoms with Crippen LogP contribution in [-0.4, -0.2) is 77.1 Å². The zero-order valence-corrected chi connectivity index (χ0v) is 21.3.